The minimum atomic E-state index is 0.354. The molecule has 2 aromatic heterocycles. The minimum Gasteiger partial charge on any atom is -0.243 e. The smallest absolute Gasteiger partial charge is 0.243 e. The fourth-order valence-corrected chi connectivity index (χ4v) is 1.31. The molecule has 0 aliphatic rings. The van der Waals surface area contributed by atoms with Crippen LogP contribution in [0.4, 0.5) is 5.95 Å². The number of tetrazole rings is 1. The first kappa shape index (κ1) is 7.87. The Morgan fingerprint density at radius 3 is 3.31 bits per heavy atom. The van der Waals surface area contributed by atoms with Gasteiger partial charge >= 0.3 is 0 Å². The Hall–Kier alpha value is -1.76. The lowest BCUT2D eigenvalue weighted by molar-refractivity contribution is 0.881. The third kappa shape index (κ3) is 2.09. The van der Waals surface area contributed by atoms with Crippen molar-refractivity contribution >= 4 is 23.5 Å². The maximum absolute atomic E-state index is 3.91. The third-order valence-electron chi connectivity index (χ3n) is 1.24. The van der Waals surface area contributed by atoms with E-state index in [4.69, 9.17) is 0 Å². The van der Waals surface area contributed by atoms with E-state index in [1.54, 1.807) is 17.6 Å². The summed E-state index contributed by atoms with van der Waals surface area (Å²) in [4.78, 5) is 1.07. The Bertz CT molecular complexity index is 364. The molecule has 0 atom stereocenters. The zero-order valence-electron chi connectivity index (χ0n) is 6.51. The molecule has 0 unspecified atom stereocenters. The van der Waals surface area contributed by atoms with Gasteiger partial charge in [-0.05, 0) is 16.7 Å². The van der Waals surface area contributed by atoms with Crippen LogP contribution in [-0.2, 0) is 0 Å². The molecule has 0 saturated heterocycles. The molecule has 2 heterocycles. The predicted molar refractivity (Wildman–Crippen MR) is 49.7 cm³/mol. The summed E-state index contributed by atoms with van der Waals surface area (Å²) in [7, 11) is 0. The van der Waals surface area contributed by atoms with E-state index in [1.807, 2.05) is 17.5 Å². The molecule has 0 radical (unpaired) electrons. The van der Waals surface area contributed by atoms with E-state index in [2.05, 4.69) is 31.2 Å². The number of nitrogens with zero attached hydrogens (tertiary/aromatic N) is 4. The van der Waals surface area contributed by atoms with Crippen molar-refractivity contribution < 1.29 is 0 Å². The molecule has 0 amide bonds. The summed E-state index contributed by atoms with van der Waals surface area (Å²) in [6.45, 7) is 0. The van der Waals surface area contributed by atoms with Crippen LogP contribution in [0.1, 0.15) is 4.88 Å². The maximum atomic E-state index is 3.91. The van der Waals surface area contributed by atoms with Crippen molar-refractivity contribution in [3.8, 4) is 0 Å². The SMILES string of the molecule is C(=N\Nc1nn[nH]n1)/c1cccs1. The minimum absolute atomic E-state index is 0.354. The van der Waals surface area contributed by atoms with Gasteiger partial charge in [0.1, 0.15) is 0 Å². The number of nitrogens with one attached hydrogen (secondary N) is 2. The van der Waals surface area contributed by atoms with Crippen LogP contribution >= 0.6 is 11.3 Å². The van der Waals surface area contributed by atoms with Crippen molar-refractivity contribution in [2.24, 2.45) is 5.10 Å². The molecule has 0 bridgehead atoms. The molecule has 0 aromatic carbocycles. The molecule has 7 heteroatoms. The average molecular weight is 194 g/mol. The largest absolute Gasteiger partial charge is 0.283 e. The highest BCUT2D eigenvalue weighted by Gasteiger charge is 1.91. The van der Waals surface area contributed by atoms with Crippen LogP contribution in [-0.4, -0.2) is 26.8 Å². The van der Waals surface area contributed by atoms with E-state index in [0.717, 1.165) is 4.88 Å². The van der Waals surface area contributed by atoms with E-state index in [9.17, 15) is 0 Å². The standard InChI is InChI=1S/C6H6N6S/c1-2-5(13-3-1)4-7-8-6-9-11-12-10-6/h1-4H,(H2,8,9,10,11,12)/b7-4+. The van der Waals surface area contributed by atoms with Gasteiger partial charge in [0, 0.05) is 4.88 Å². The molecule has 66 valence electrons. The zero-order valence-corrected chi connectivity index (χ0v) is 7.32. The summed E-state index contributed by atoms with van der Waals surface area (Å²) >= 11 is 1.61. The lowest BCUT2D eigenvalue weighted by Crippen LogP contribution is -1.91. The summed E-state index contributed by atoms with van der Waals surface area (Å²) in [6.07, 6.45) is 1.70. The molecular weight excluding hydrogens is 188 g/mol. The van der Waals surface area contributed by atoms with E-state index in [-0.39, 0.29) is 0 Å². The van der Waals surface area contributed by atoms with Gasteiger partial charge in [0.05, 0.1) is 6.21 Å². The first-order valence-electron chi connectivity index (χ1n) is 3.51. The van der Waals surface area contributed by atoms with Crippen molar-refractivity contribution in [3.05, 3.63) is 22.4 Å². The number of aromatic nitrogens is 4. The molecule has 2 N–H and O–H groups in total. The first-order chi connectivity index (χ1) is 6.45. The number of rotatable bonds is 3. The monoisotopic (exact) mass is 194 g/mol. The number of anilines is 1. The fourth-order valence-electron chi connectivity index (χ4n) is 0.728. The van der Waals surface area contributed by atoms with Crippen LogP contribution in [0.3, 0.4) is 0 Å². The number of H-pyrrole nitrogens is 1. The zero-order chi connectivity index (χ0) is 8.93. The lowest BCUT2D eigenvalue weighted by Gasteiger charge is -1.87. The third-order valence-corrected chi connectivity index (χ3v) is 2.05. The molecule has 0 saturated carbocycles. The van der Waals surface area contributed by atoms with Gasteiger partial charge in [0.2, 0.25) is 0 Å². The summed E-state index contributed by atoms with van der Waals surface area (Å²) in [5, 5.41) is 18.9. The molecule has 0 aliphatic carbocycles. The van der Waals surface area contributed by atoms with E-state index in [0.29, 0.717) is 5.95 Å². The maximum Gasteiger partial charge on any atom is 0.283 e. The second kappa shape index (κ2) is 3.76. The van der Waals surface area contributed by atoms with Crippen LogP contribution in [0.2, 0.25) is 0 Å². The van der Waals surface area contributed by atoms with Gasteiger partial charge in [-0.3, -0.25) is 0 Å². The Morgan fingerprint density at radius 1 is 1.62 bits per heavy atom. The van der Waals surface area contributed by atoms with Gasteiger partial charge < -0.3 is 0 Å². The van der Waals surface area contributed by atoms with Crippen molar-refractivity contribution in [1.29, 1.82) is 0 Å². The number of hydrogen-bond acceptors (Lipinski definition) is 6. The van der Waals surface area contributed by atoms with Gasteiger partial charge in [0.15, 0.2) is 0 Å². The summed E-state index contributed by atoms with van der Waals surface area (Å²) < 4.78 is 0. The Morgan fingerprint density at radius 2 is 2.62 bits per heavy atom. The Balaban J connectivity index is 1.93. The first-order valence-corrected chi connectivity index (χ1v) is 4.39. The summed E-state index contributed by atoms with van der Waals surface area (Å²) in [6, 6.07) is 3.92. The van der Waals surface area contributed by atoms with Crippen molar-refractivity contribution in [2.75, 3.05) is 5.43 Å². The van der Waals surface area contributed by atoms with Crippen LogP contribution in [0.15, 0.2) is 22.6 Å². The molecule has 2 aromatic rings. The molecular formula is C6H6N6S. The van der Waals surface area contributed by atoms with Gasteiger partial charge in [-0.1, -0.05) is 11.2 Å². The molecule has 0 spiro atoms. The van der Waals surface area contributed by atoms with Crippen LogP contribution in [0, 0.1) is 0 Å². The topological polar surface area (TPSA) is 78.9 Å². The second-order valence-electron chi connectivity index (χ2n) is 2.12. The van der Waals surface area contributed by atoms with Crippen LogP contribution in [0.25, 0.3) is 0 Å². The van der Waals surface area contributed by atoms with Crippen molar-refractivity contribution in [2.45, 2.75) is 0 Å². The number of aromatic amines is 1. The van der Waals surface area contributed by atoms with E-state index >= 15 is 0 Å². The summed E-state index contributed by atoms with van der Waals surface area (Å²) in [5.74, 6) is 0.354. The van der Waals surface area contributed by atoms with E-state index < -0.39 is 0 Å². The molecule has 6 nitrogen and oxygen atoms in total. The predicted octanol–water partition coefficient (Wildman–Crippen LogP) is 0.707. The number of thiophene rings is 1. The average Bonchev–Trinajstić information content (AvgIpc) is 2.75. The fraction of sp³-hybridized carbons (Fsp3) is 0. The molecule has 0 aliphatic heterocycles. The normalized spacial score (nSPS) is 10.8. The Kier molecular flexibility index (Phi) is 2.28. The molecule has 2 rings (SSSR count). The molecule has 13 heavy (non-hydrogen) atoms. The number of hydrazone groups is 1. The van der Waals surface area contributed by atoms with Crippen LogP contribution < -0.4 is 5.43 Å². The summed E-state index contributed by atoms with van der Waals surface area (Å²) in [5.41, 5.74) is 2.62. The van der Waals surface area contributed by atoms with E-state index in [1.165, 1.54) is 0 Å². The van der Waals surface area contributed by atoms with Gasteiger partial charge in [-0.15, -0.1) is 16.4 Å². The van der Waals surface area contributed by atoms with Gasteiger partial charge in [0.25, 0.3) is 5.95 Å². The quantitative estimate of drug-likeness (QED) is 0.557. The van der Waals surface area contributed by atoms with Crippen LogP contribution in [0.5, 0.6) is 0 Å². The highest BCUT2D eigenvalue weighted by molar-refractivity contribution is 7.11. The lowest BCUT2D eigenvalue weighted by atomic mass is 10.5. The van der Waals surface area contributed by atoms with Crippen molar-refractivity contribution in [3.63, 3.8) is 0 Å². The highest BCUT2D eigenvalue weighted by atomic mass is 32.1. The van der Waals surface area contributed by atoms with Gasteiger partial charge in [-0.2, -0.15) is 10.3 Å². The van der Waals surface area contributed by atoms with Gasteiger partial charge in [-0.25, -0.2) is 5.43 Å². The Labute approximate surface area is 77.7 Å². The van der Waals surface area contributed by atoms with Crippen molar-refractivity contribution in [1.82, 2.24) is 20.6 Å². The molecule has 0 fully saturated rings. The highest BCUT2D eigenvalue weighted by Crippen LogP contribution is 2.04. The second-order valence-corrected chi connectivity index (χ2v) is 3.10. The number of hydrogen-bond donors (Lipinski definition) is 2.